The molecule has 2 saturated carbocycles. The number of ketones is 1. The normalized spacial score (nSPS) is 26.8. The highest BCUT2D eigenvalue weighted by molar-refractivity contribution is 5.98. The zero-order valence-corrected chi connectivity index (χ0v) is 21.6. The second-order valence-electron chi connectivity index (χ2n) is 11.3. The van der Waals surface area contributed by atoms with Gasteiger partial charge in [0.2, 0.25) is 0 Å². The van der Waals surface area contributed by atoms with Crippen molar-refractivity contribution in [3.63, 3.8) is 0 Å². The molecule has 0 radical (unpaired) electrons. The van der Waals surface area contributed by atoms with Gasteiger partial charge in [-0.1, -0.05) is 19.3 Å². The number of hydrogen-bond acceptors (Lipinski definition) is 8. The summed E-state index contributed by atoms with van der Waals surface area (Å²) in [5.41, 5.74) is 2.08. The molecule has 0 bridgehead atoms. The summed E-state index contributed by atoms with van der Waals surface area (Å²) in [6, 6.07) is 4.05. The molecule has 10 heteroatoms. The summed E-state index contributed by atoms with van der Waals surface area (Å²) in [4.78, 5) is 38.9. The monoisotopic (exact) mass is 514 g/mol. The molecule has 4 atom stereocenters. The van der Waals surface area contributed by atoms with Crippen molar-refractivity contribution in [2.75, 3.05) is 19.6 Å². The van der Waals surface area contributed by atoms with Crippen molar-refractivity contribution in [1.29, 1.82) is 5.26 Å². The Bertz CT molecular complexity index is 1340. The number of likely N-dealkylation sites (tertiary alicyclic amines) is 1. The molecular weight excluding hydrogens is 480 g/mol. The number of hydrogen-bond donors (Lipinski definition) is 2. The fourth-order valence-corrected chi connectivity index (χ4v) is 7.11. The second-order valence-corrected chi connectivity index (χ2v) is 11.3. The van der Waals surface area contributed by atoms with Crippen LogP contribution in [0.25, 0.3) is 22.3 Å². The average Bonchev–Trinajstić information content (AvgIpc) is 3.72. The first kappa shape index (κ1) is 24.9. The lowest BCUT2D eigenvalue weighted by Crippen LogP contribution is -2.47. The van der Waals surface area contributed by atoms with Crippen LogP contribution in [0, 0.1) is 23.2 Å². The van der Waals surface area contributed by atoms with Gasteiger partial charge in [-0.3, -0.25) is 14.4 Å². The minimum absolute atomic E-state index is 0.0357. The van der Waals surface area contributed by atoms with Crippen molar-refractivity contribution in [1.82, 2.24) is 34.9 Å². The minimum atomic E-state index is -0.695. The maximum absolute atomic E-state index is 13.0. The number of rotatable bonds is 9. The first-order valence-corrected chi connectivity index (χ1v) is 13.8. The molecule has 0 aromatic carbocycles. The summed E-state index contributed by atoms with van der Waals surface area (Å²) in [5.74, 6) is 0.590. The molecule has 10 nitrogen and oxygen atoms in total. The second kappa shape index (κ2) is 10.4. The standard InChI is InChI=1S/C28H34N8O2/c29-8-7-28(36-16-21(12-34-36)26-23-6-9-30-27(23)33-18-32-26)10-19-14-35(15-20(19)11-28)24(17-37)25(38)13-31-22-4-2-1-3-5-22/h6,9,12,16-20,22,24,31H,1-5,7,10-11,13-15H2,(H,30,32,33)/t19-,20+,24?,28-. The number of aromatic amines is 1. The van der Waals surface area contributed by atoms with Gasteiger partial charge < -0.3 is 15.1 Å². The van der Waals surface area contributed by atoms with E-state index in [0.29, 0.717) is 37.4 Å². The van der Waals surface area contributed by atoms with Crippen molar-refractivity contribution in [2.45, 2.75) is 69.0 Å². The number of carbonyl (C=O) groups is 2. The maximum atomic E-state index is 13.0. The highest BCUT2D eigenvalue weighted by Crippen LogP contribution is 2.50. The van der Waals surface area contributed by atoms with Gasteiger partial charge in [-0.2, -0.15) is 10.4 Å². The van der Waals surface area contributed by atoms with Crippen molar-refractivity contribution in [2.24, 2.45) is 11.8 Å². The van der Waals surface area contributed by atoms with Gasteiger partial charge in [0.15, 0.2) is 5.78 Å². The number of Topliss-reactive ketones (excluding diaryl/α,β-unsaturated/α-hetero) is 1. The Hall–Kier alpha value is -3.42. The molecule has 4 heterocycles. The summed E-state index contributed by atoms with van der Waals surface area (Å²) in [7, 11) is 0. The van der Waals surface area contributed by atoms with Crippen LogP contribution in [0.3, 0.4) is 0 Å². The van der Waals surface area contributed by atoms with E-state index in [-0.39, 0.29) is 12.3 Å². The van der Waals surface area contributed by atoms with Crippen molar-refractivity contribution in [3.8, 4) is 17.3 Å². The molecule has 2 N–H and O–H groups in total. The van der Waals surface area contributed by atoms with Crippen LogP contribution in [0.4, 0.5) is 0 Å². The third-order valence-electron chi connectivity index (χ3n) is 9.02. The number of nitrogens with one attached hydrogen (secondary N) is 2. The van der Waals surface area contributed by atoms with Crippen molar-refractivity contribution < 1.29 is 9.59 Å². The van der Waals surface area contributed by atoms with Gasteiger partial charge in [0.05, 0.1) is 36.5 Å². The van der Waals surface area contributed by atoms with E-state index >= 15 is 0 Å². The molecule has 1 saturated heterocycles. The Morgan fingerprint density at radius 2 is 2.03 bits per heavy atom. The summed E-state index contributed by atoms with van der Waals surface area (Å²) in [6.07, 6.45) is 15.9. The number of aldehydes is 1. The lowest BCUT2D eigenvalue weighted by Gasteiger charge is -2.31. The molecule has 1 aliphatic heterocycles. The Labute approximate surface area is 221 Å². The van der Waals surface area contributed by atoms with E-state index in [9.17, 15) is 14.9 Å². The number of carbonyl (C=O) groups excluding carboxylic acids is 2. The van der Waals surface area contributed by atoms with Crippen LogP contribution in [0.2, 0.25) is 0 Å². The summed E-state index contributed by atoms with van der Waals surface area (Å²) in [5, 5.41) is 18.8. The quantitative estimate of drug-likeness (QED) is 0.329. The molecule has 0 amide bonds. The van der Waals surface area contributed by atoms with Gasteiger partial charge >= 0.3 is 0 Å². The van der Waals surface area contributed by atoms with E-state index < -0.39 is 11.6 Å². The lowest BCUT2D eigenvalue weighted by atomic mass is 9.91. The predicted octanol–water partition coefficient (Wildman–Crippen LogP) is 2.83. The topological polar surface area (TPSA) is 133 Å². The summed E-state index contributed by atoms with van der Waals surface area (Å²) >= 11 is 0. The van der Waals surface area contributed by atoms with E-state index in [2.05, 4.69) is 31.2 Å². The Kier molecular flexibility index (Phi) is 6.80. The van der Waals surface area contributed by atoms with Gasteiger partial charge in [-0.15, -0.1) is 0 Å². The number of nitriles is 1. The fraction of sp³-hybridized carbons (Fsp3) is 0.571. The Morgan fingerprint density at radius 3 is 2.76 bits per heavy atom. The Balaban J connectivity index is 1.14. The first-order chi connectivity index (χ1) is 18.6. The van der Waals surface area contributed by atoms with Crippen LogP contribution in [0.1, 0.15) is 51.4 Å². The summed E-state index contributed by atoms with van der Waals surface area (Å²) in [6.45, 7) is 1.65. The predicted molar refractivity (Wildman–Crippen MR) is 141 cm³/mol. The third kappa shape index (κ3) is 4.54. The molecule has 3 aromatic rings. The van der Waals surface area contributed by atoms with Gasteiger partial charge in [-0.05, 0) is 43.6 Å². The van der Waals surface area contributed by atoms with Crippen molar-refractivity contribution >= 4 is 23.1 Å². The third-order valence-corrected chi connectivity index (χ3v) is 9.02. The molecular formula is C28H34N8O2. The van der Waals surface area contributed by atoms with Gasteiger partial charge in [0, 0.05) is 42.5 Å². The molecule has 2 aliphatic carbocycles. The van der Waals surface area contributed by atoms with E-state index in [1.165, 1.54) is 19.3 Å². The smallest absolute Gasteiger partial charge is 0.170 e. The first-order valence-electron chi connectivity index (χ1n) is 13.8. The molecule has 6 rings (SSSR count). The molecule has 0 spiro atoms. The van der Waals surface area contributed by atoms with Crippen LogP contribution in [0.5, 0.6) is 0 Å². The molecule has 3 aliphatic rings. The van der Waals surface area contributed by atoms with Crippen LogP contribution in [0.15, 0.2) is 31.0 Å². The maximum Gasteiger partial charge on any atom is 0.170 e. The molecule has 38 heavy (non-hydrogen) atoms. The SMILES string of the molecule is N#CC[C@]1(n2cc(-c3ncnc4[nH]ccc34)cn2)C[C@H]2CN(C(C=O)C(=O)CNC3CCCCC3)C[C@H]2C1. The van der Waals surface area contributed by atoms with Crippen molar-refractivity contribution in [3.05, 3.63) is 31.0 Å². The lowest BCUT2D eigenvalue weighted by molar-refractivity contribution is -0.128. The van der Waals surface area contributed by atoms with Gasteiger partial charge in [0.25, 0.3) is 0 Å². The van der Waals surface area contributed by atoms with Crippen LogP contribution in [-0.2, 0) is 15.1 Å². The minimum Gasteiger partial charge on any atom is -0.346 e. The largest absolute Gasteiger partial charge is 0.346 e. The molecule has 3 fully saturated rings. The van der Waals surface area contributed by atoms with Gasteiger partial charge in [0.1, 0.15) is 24.3 Å². The Morgan fingerprint density at radius 1 is 1.24 bits per heavy atom. The van der Waals surface area contributed by atoms with E-state index in [0.717, 1.165) is 54.3 Å². The van der Waals surface area contributed by atoms with Crippen LogP contribution in [-0.4, -0.2) is 73.4 Å². The number of aromatic nitrogens is 5. The zero-order valence-electron chi connectivity index (χ0n) is 21.6. The van der Waals surface area contributed by atoms with E-state index in [4.69, 9.17) is 5.10 Å². The highest BCUT2D eigenvalue weighted by Gasteiger charge is 2.52. The van der Waals surface area contributed by atoms with Gasteiger partial charge in [-0.25, -0.2) is 9.97 Å². The highest BCUT2D eigenvalue weighted by atomic mass is 16.1. The number of nitrogens with zero attached hydrogens (tertiary/aromatic N) is 6. The molecule has 198 valence electrons. The fourth-order valence-electron chi connectivity index (χ4n) is 7.11. The average molecular weight is 515 g/mol. The van der Waals surface area contributed by atoms with Crippen LogP contribution < -0.4 is 5.32 Å². The summed E-state index contributed by atoms with van der Waals surface area (Å²) < 4.78 is 1.96. The zero-order chi connectivity index (χ0) is 26.1. The molecule has 1 unspecified atom stereocenters. The molecule has 3 aromatic heterocycles. The van der Waals surface area contributed by atoms with Crippen LogP contribution >= 0.6 is 0 Å². The number of fused-ring (bicyclic) bond motifs is 2. The number of H-pyrrole nitrogens is 1. The van der Waals surface area contributed by atoms with E-state index in [1.807, 2.05) is 29.3 Å². The van der Waals surface area contributed by atoms with E-state index in [1.54, 1.807) is 6.33 Å².